The molecule has 0 N–H and O–H groups in total. The molecule has 2 fully saturated rings. The van der Waals surface area contributed by atoms with E-state index in [1.165, 1.54) is 18.2 Å². The molecule has 5 nitrogen and oxygen atoms in total. The Bertz CT molecular complexity index is 1290. The summed E-state index contributed by atoms with van der Waals surface area (Å²) in [7, 11) is 0. The summed E-state index contributed by atoms with van der Waals surface area (Å²) in [6.45, 7) is 0. The van der Waals surface area contributed by atoms with E-state index in [1.807, 2.05) is 30.3 Å². The Kier molecular flexibility index (Phi) is 6.32. The fourth-order valence-corrected chi connectivity index (χ4v) is 5.79. The molecule has 0 unspecified atom stereocenters. The van der Waals surface area contributed by atoms with Crippen molar-refractivity contribution in [3.05, 3.63) is 64.2 Å². The summed E-state index contributed by atoms with van der Waals surface area (Å²) >= 11 is 12.7. The average Bonchev–Trinajstić information content (AvgIpc) is 3.11. The fourth-order valence-electron chi connectivity index (χ4n) is 4.29. The number of halogens is 2. The maximum Gasteiger partial charge on any atom is 0.266 e. The number of thioether (sulfide) groups is 1. The van der Waals surface area contributed by atoms with Gasteiger partial charge in [-0.1, -0.05) is 73.6 Å². The number of ether oxygens (including phenoxy) is 1. The highest BCUT2D eigenvalue weighted by Crippen LogP contribution is 2.40. The second-order valence-corrected chi connectivity index (χ2v) is 9.95. The minimum absolute atomic E-state index is 0.0907. The molecule has 168 valence electrons. The van der Waals surface area contributed by atoms with Crippen molar-refractivity contribution in [2.24, 2.45) is 0 Å². The average molecular weight is 500 g/mol. The van der Waals surface area contributed by atoms with E-state index in [9.17, 15) is 9.18 Å². The van der Waals surface area contributed by atoms with E-state index in [4.69, 9.17) is 28.6 Å². The molecule has 9 heteroatoms. The number of benzene rings is 2. The van der Waals surface area contributed by atoms with Crippen LogP contribution in [0.25, 0.3) is 16.8 Å². The van der Waals surface area contributed by atoms with Crippen molar-refractivity contribution < 1.29 is 13.9 Å². The monoisotopic (exact) mass is 499 g/mol. The van der Waals surface area contributed by atoms with E-state index in [0.717, 1.165) is 42.7 Å². The topological polar surface area (TPSA) is 55.3 Å². The van der Waals surface area contributed by atoms with Gasteiger partial charge in [0.2, 0.25) is 11.1 Å². The van der Waals surface area contributed by atoms with Gasteiger partial charge < -0.3 is 4.74 Å². The van der Waals surface area contributed by atoms with Gasteiger partial charge in [-0.25, -0.2) is 4.98 Å². The Morgan fingerprint density at radius 2 is 1.97 bits per heavy atom. The first-order chi connectivity index (χ1) is 16.0. The zero-order chi connectivity index (χ0) is 22.9. The van der Waals surface area contributed by atoms with Crippen LogP contribution in [0.15, 0.2) is 47.5 Å². The molecule has 5 rings (SSSR count). The highest BCUT2D eigenvalue weighted by Gasteiger charge is 2.37. The Morgan fingerprint density at radius 1 is 1.18 bits per heavy atom. The van der Waals surface area contributed by atoms with E-state index >= 15 is 0 Å². The van der Waals surface area contributed by atoms with Crippen LogP contribution in [0.1, 0.15) is 37.7 Å². The van der Waals surface area contributed by atoms with Crippen molar-refractivity contribution in [1.82, 2.24) is 14.9 Å². The molecule has 0 bridgehead atoms. The van der Waals surface area contributed by atoms with Gasteiger partial charge in [-0.05, 0) is 47.4 Å². The lowest BCUT2D eigenvalue weighted by atomic mass is 9.94. The first kappa shape index (κ1) is 22.3. The summed E-state index contributed by atoms with van der Waals surface area (Å²) in [5.41, 5.74) is 0.645. The number of hydrogen-bond donors (Lipinski definition) is 0. The summed E-state index contributed by atoms with van der Waals surface area (Å²) in [6, 6.07) is 11.5. The molecule has 2 aliphatic rings. The highest BCUT2D eigenvalue weighted by atomic mass is 35.5. The Labute approximate surface area is 205 Å². The smallest absolute Gasteiger partial charge is 0.266 e. The lowest BCUT2D eigenvalue weighted by Crippen LogP contribution is -2.39. The summed E-state index contributed by atoms with van der Waals surface area (Å²) in [5, 5.41) is 1.70. The summed E-state index contributed by atoms with van der Waals surface area (Å²) < 4.78 is 20.7. The van der Waals surface area contributed by atoms with Crippen molar-refractivity contribution in [3.63, 3.8) is 0 Å². The number of carbonyl (C=O) groups is 1. The van der Waals surface area contributed by atoms with Crippen LogP contribution >= 0.6 is 35.6 Å². The second-order valence-electron chi connectivity index (χ2n) is 7.94. The van der Waals surface area contributed by atoms with Crippen LogP contribution in [0, 0.1) is 5.82 Å². The minimum Gasteiger partial charge on any atom is -0.436 e. The molecule has 1 aliphatic carbocycles. The van der Waals surface area contributed by atoms with Crippen molar-refractivity contribution in [3.8, 4) is 11.6 Å². The zero-order valence-electron chi connectivity index (χ0n) is 17.5. The molecule has 1 saturated heterocycles. The molecular formula is C24H19ClFN3O2S2. The van der Waals surface area contributed by atoms with E-state index in [2.05, 4.69) is 9.97 Å². The number of hydrogen-bond acceptors (Lipinski definition) is 6. The maximum absolute atomic E-state index is 14.3. The molecule has 0 atom stereocenters. The summed E-state index contributed by atoms with van der Waals surface area (Å²) in [6.07, 6.45) is 8.08. The van der Waals surface area contributed by atoms with Crippen LogP contribution in [0.3, 0.4) is 0 Å². The first-order valence-electron chi connectivity index (χ1n) is 10.7. The third-order valence-electron chi connectivity index (χ3n) is 5.86. The van der Waals surface area contributed by atoms with E-state index in [-0.39, 0.29) is 23.1 Å². The van der Waals surface area contributed by atoms with Crippen LogP contribution in [0.5, 0.6) is 11.6 Å². The number of fused-ring (bicyclic) bond motifs is 1. The van der Waals surface area contributed by atoms with Crippen LogP contribution < -0.4 is 4.74 Å². The van der Waals surface area contributed by atoms with Crippen LogP contribution in [-0.4, -0.2) is 31.1 Å². The van der Waals surface area contributed by atoms with Gasteiger partial charge in [-0.15, -0.1) is 0 Å². The SMILES string of the molecule is O=C1/C(=C/c2c(Oc3nc(Cl)ncc3F)ccc3ccccc23)SC(=S)N1C1CCCCC1. The molecule has 0 spiro atoms. The highest BCUT2D eigenvalue weighted by molar-refractivity contribution is 8.26. The number of amides is 1. The Morgan fingerprint density at radius 3 is 2.79 bits per heavy atom. The van der Waals surface area contributed by atoms with Gasteiger partial charge in [0.15, 0.2) is 0 Å². The molecule has 1 aliphatic heterocycles. The second kappa shape index (κ2) is 9.37. The number of aromatic nitrogens is 2. The zero-order valence-corrected chi connectivity index (χ0v) is 19.9. The van der Waals surface area contributed by atoms with E-state index in [0.29, 0.717) is 20.5 Å². The van der Waals surface area contributed by atoms with Gasteiger partial charge in [-0.2, -0.15) is 9.37 Å². The number of carbonyl (C=O) groups excluding carboxylic acids is 1. The van der Waals surface area contributed by atoms with Crippen molar-refractivity contribution in [1.29, 1.82) is 0 Å². The fraction of sp³-hybridized carbons (Fsp3) is 0.250. The molecular weight excluding hydrogens is 481 g/mol. The lowest BCUT2D eigenvalue weighted by Gasteiger charge is -2.29. The largest absolute Gasteiger partial charge is 0.436 e. The van der Waals surface area contributed by atoms with Gasteiger partial charge in [-0.3, -0.25) is 9.69 Å². The van der Waals surface area contributed by atoms with Crippen molar-refractivity contribution >= 4 is 62.7 Å². The van der Waals surface area contributed by atoms with E-state index < -0.39 is 5.82 Å². The van der Waals surface area contributed by atoms with Crippen LogP contribution in [0.2, 0.25) is 5.28 Å². The molecule has 1 aromatic heterocycles. The summed E-state index contributed by atoms with van der Waals surface area (Å²) in [5.74, 6) is -0.755. The maximum atomic E-state index is 14.3. The van der Waals surface area contributed by atoms with Gasteiger partial charge in [0.25, 0.3) is 11.8 Å². The Balaban J connectivity index is 1.57. The van der Waals surface area contributed by atoms with Crippen LogP contribution in [-0.2, 0) is 4.79 Å². The predicted octanol–water partition coefficient (Wildman–Crippen LogP) is 6.75. The number of thiocarbonyl (C=S) groups is 1. The molecule has 33 heavy (non-hydrogen) atoms. The summed E-state index contributed by atoms with van der Waals surface area (Å²) in [4.78, 5) is 23.1. The molecule has 3 aromatic rings. The third kappa shape index (κ3) is 4.47. The van der Waals surface area contributed by atoms with Gasteiger partial charge in [0.1, 0.15) is 10.1 Å². The standard InChI is InChI=1S/C24H19ClFN3O2S2/c25-23-27-13-18(26)21(28-23)31-19-11-10-14-6-4-5-9-16(14)17(19)12-20-22(30)29(24(32)33-20)15-7-2-1-3-8-15/h4-6,9-13,15H,1-3,7-8H2/b20-12-. The quantitative estimate of drug-likeness (QED) is 0.225. The third-order valence-corrected chi connectivity index (χ3v) is 7.37. The van der Waals surface area contributed by atoms with Crippen LogP contribution in [0.4, 0.5) is 4.39 Å². The molecule has 2 aromatic carbocycles. The van der Waals surface area contributed by atoms with Crippen molar-refractivity contribution in [2.75, 3.05) is 0 Å². The molecule has 1 saturated carbocycles. The molecule has 1 amide bonds. The lowest BCUT2D eigenvalue weighted by molar-refractivity contribution is -0.124. The van der Waals surface area contributed by atoms with E-state index in [1.54, 1.807) is 17.0 Å². The normalized spacial score (nSPS) is 18.5. The van der Waals surface area contributed by atoms with Gasteiger partial charge in [0.05, 0.1) is 11.1 Å². The first-order valence-corrected chi connectivity index (χ1v) is 12.3. The predicted molar refractivity (Wildman–Crippen MR) is 133 cm³/mol. The molecule has 2 heterocycles. The Hall–Kier alpha value is -2.55. The van der Waals surface area contributed by atoms with Gasteiger partial charge >= 0.3 is 0 Å². The molecule has 0 radical (unpaired) electrons. The minimum atomic E-state index is -0.734. The number of nitrogens with zero attached hydrogens (tertiary/aromatic N) is 3. The van der Waals surface area contributed by atoms with Gasteiger partial charge in [0, 0.05) is 11.6 Å². The number of rotatable bonds is 4. The van der Waals surface area contributed by atoms with Crippen molar-refractivity contribution in [2.45, 2.75) is 38.1 Å².